The SMILES string of the molecule is C#CCCOc1nc(C(F)(F)F)ccc1C#N. The molecule has 1 aromatic heterocycles. The van der Waals surface area contributed by atoms with Crippen molar-refractivity contribution in [2.45, 2.75) is 12.6 Å². The van der Waals surface area contributed by atoms with Gasteiger partial charge in [-0.2, -0.15) is 18.4 Å². The number of aromatic nitrogens is 1. The molecule has 0 aliphatic rings. The predicted molar refractivity (Wildman–Crippen MR) is 52.9 cm³/mol. The molecule has 0 saturated heterocycles. The molecule has 1 rings (SSSR count). The van der Waals surface area contributed by atoms with Crippen LogP contribution in [0.1, 0.15) is 17.7 Å². The topological polar surface area (TPSA) is 45.9 Å². The normalized spacial score (nSPS) is 10.4. The van der Waals surface area contributed by atoms with Crippen LogP contribution in [0.25, 0.3) is 0 Å². The molecule has 3 nitrogen and oxygen atoms in total. The van der Waals surface area contributed by atoms with E-state index in [2.05, 4.69) is 10.9 Å². The highest BCUT2D eigenvalue weighted by atomic mass is 19.4. The summed E-state index contributed by atoms with van der Waals surface area (Å²) in [7, 11) is 0. The van der Waals surface area contributed by atoms with E-state index >= 15 is 0 Å². The first-order valence-corrected chi connectivity index (χ1v) is 4.53. The Balaban J connectivity index is 3.00. The van der Waals surface area contributed by atoms with Gasteiger partial charge in [-0.1, -0.05) is 0 Å². The molecule has 0 N–H and O–H groups in total. The van der Waals surface area contributed by atoms with Crippen molar-refractivity contribution in [1.82, 2.24) is 4.98 Å². The molecule has 1 aromatic rings. The summed E-state index contributed by atoms with van der Waals surface area (Å²) in [4.78, 5) is 3.25. The average Bonchev–Trinajstić information content (AvgIpc) is 2.28. The second kappa shape index (κ2) is 5.22. The molecule has 17 heavy (non-hydrogen) atoms. The number of hydrogen-bond donors (Lipinski definition) is 0. The fourth-order valence-electron chi connectivity index (χ4n) is 1.00. The van der Waals surface area contributed by atoms with Crippen LogP contribution in [-0.4, -0.2) is 11.6 Å². The van der Waals surface area contributed by atoms with Crippen LogP contribution in [0.3, 0.4) is 0 Å². The van der Waals surface area contributed by atoms with Gasteiger partial charge >= 0.3 is 6.18 Å². The zero-order valence-corrected chi connectivity index (χ0v) is 8.58. The zero-order valence-electron chi connectivity index (χ0n) is 8.58. The van der Waals surface area contributed by atoms with Gasteiger partial charge in [-0.25, -0.2) is 4.98 Å². The molecule has 6 heteroatoms. The summed E-state index contributed by atoms with van der Waals surface area (Å²) in [5, 5.41) is 8.68. The standard InChI is InChI=1S/C11H7F3N2O/c1-2-3-6-17-10-8(7-15)4-5-9(16-10)11(12,13)14/h1,4-5H,3,6H2. The maximum atomic E-state index is 12.4. The van der Waals surface area contributed by atoms with Gasteiger partial charge in [0.2, 0.25) is 5.88 Å². The summed E-state index contributed by atoms with van der Waals surface area (Å²) in [6.45, 7) is 0.0134. The summed E-state index contributed by atoms with van der Waals surface area (Å²) in [5.41, 5.74) is -1.16. The quantitative estimate of drug-likeness (QED) is 0.602. The van der Waals surface area contributed by atoms with Gasteiger partial charge in [0.05, 0.1) is 0 Å². The minimum absolute atomic E-state index is 0.0134. The lowest BCUT2D eigenvalue weighted by atomic mass is 10.2. The first-order valence-electron chi connectivity index (χ1n) is 4.53. The lowest BCUT2D eigenvalue weighted by molar-refractivity contribution is -0.141. The third-order valence-electron chi connectivity index (χ3n) is 1.76. The van der Waals surface area contributed by atoms with Gasteiger partial charge in [0.1, 0.15) is 23.9 Å². The highest BCUT2D eigenvalue weighted by Crippen LogP contribution is 2.29. The lowest BCUT2D eigenvalue weighted by Gasteiger charge is -2.09. The van der Waals surface area contributed by atoms with E-state index in [-0.39, 0.29) is 24.5 Å². The van der Waals surface area contributed by atoms with Crippen molar-refractivity contribution in [3.63, 3.8) is 0 Å². The van der Waals surface area contributed by atoms with Crippen LogP contribution < -0.4 is 4.74 Å². The number of ether oxygens (including phenoxy) is 1. The average molecular weight is 240 g/mol. The molecular formula is C11H7F3N2O. The van der Waals surface area contributed by atoms with Gasteiger partial charge < -0.3 is 4.74 Å². The van der Waals surface area contributed by atoms with Crippen LogP contribution in [-0.2, 0) is 6.18 Å². The Morgan fingerprint density at radius 2 is 2.12 bits per heavy atom. The minimum atomic E-state index is -4.57. The zero-order chi connectivity index (χ0) is 12.9. The molecule has 0 fully saturated rings. The molecule has 0 saturated carbocycles. The van der Waals surface area contributed by atoms with Crippen molar-refractivity contribution in [2.24, 2.45) is 0 Å². The molecule has 0 radical (unpaired) electrons. The van der Waals surface area contributed by atoms with Crippen LogP contribution in [0.2, 0.25) is 0 Å². The van der Waals surface area contributed by atoms with E-state index in [0.29, 0.717) is 0 Å². The molecule has 88 valence electrons. The van der Waals surface area contributed by atoms with Gasteiger partial charge in [-0.05, 0) is 12.1 Å². The van der Waals surface area contributed by atoms with Crippen molar-refractivity contribution in [3.05, 3.63) is 23.4 Å². The molecule has 1 heterocycles. The van der Waals surface area contributed by atoms with Crippen molar-refractivity contribution >= 4 is 0 Å². The Hall–Kier alpha value is -2.21. The number of rotatable bonds is 3. The lowest BCUT2D eigenvalue weighted by Crippen LogP contribution is -2.10. The largest absolute Gasteiger partial charge is 0.476 e. The van der Waals surface area contributed by atoms with Gasteiger partial charge in [0, 0.05) is 6.42 Å². The summed E-state index contributed by atoms with van der Waals surface area (Å²) >= 11 is 0. The smallest absolute Gasteiger partial charge is 0.433 e. The van der Waals surface area contributed by atoms with E-state index in [1.807, 2.05) is 0 Å². The van der Waals surface area contributed by atoms with Gasteiger partial charge in [0.15, 0.2) is 0 Å². The van der Waals surface area contributed by atoms with Gasteiger partial charge in [0.25, 0.3) is 0 Å². The van der Waals surface area contributed by atoms with E-state index in [4.69, 9.17) is 16.4 Å². The number of nitriles is 1. The molecule has 0 bridgehead atoms. The third kappa shape index (κ3) is 3.39. The van der Waals surface area contributed by atoms with Crippen molar-refractivity contribution in [3.8, 4) is 24.3 Å². The number of hydrogen-bond acceptors (Lipinski definition) is 3. The van der Waals surface area contributed by atoms with Gasteiger partial charge in [-0.15, -0.1) is 12.3 Å². The van der Waals surface area contributed by atoms with Crippen LogP contribution in [0, 0.1) is 23.7 Å². The first kappa shape index (κ1) is 12.9. The maximum Gasteiger partial charge on any atom is 0.433 e. The van der Waals surface area contributed by atoms with Crippen molar-refractivity contribution in [2.75, 3.05) is 6.61 Å². The van der Waals surface area contributed by atoms with Crippen molar-refractivity contribution < 1.29 is 17.9 Å². The fraction of sp³-hybridized carbons (Fsp3) is 0.273. The van der Waals surface area contributed by atoms with E-state index in [9.17, 15) is 13.2 Å². The molecule has 0 aliphatic carbocycles. The Morgan fingerprint density at radius 3 is 2.65 bits per heavy atom. The van der Waals surface area contributed by atoms with Gasteiger partial charge in [-0.3, -0.25) is 0 Å². The van der Waals surface area contributed by atoms with Crippen molar-refractivity contribution in [1.29, 1.82) is 5.26 Å². The molecule has 0 aliphatic heterocycles. The Kier molecular flexibility index (Phi) is 3.95. The number of alkyl halides is 3. The van der Waals surface area contributed by atoms with Crippen LogP contribution >= 0.6 is 0 Å². The number of halogens is 3. The highest BCUT2D eigenvalue weighted by Gasteiger charge is 2.33. The molecule has 0 atom stereocenters. The maximum absolute atomic E-state index is 12.4. The molecule has 0 aromatic carbocycles. The predicted octanol–water partition coefficient (Wildman–Crippen LogP) is 2.37. The summed E-state index contributed by atoms with van der Waals surface area (Å²) in [6.07, 6.45) is 0.621. The highest BCUT2D eigenvalue weighted by molar-refractivity contribution is 5.39. The molecule has 0 spiro atoms. The van der Waals surface area contributed by atoms with E-state index in [1.54, 1.807) is 6.07 Å². The van der Waals surface area contributed by atoms with Crippen LogP contribution in [0.5, 0.6) is 5.88 Å². The van der Waals surface area contributed by atoms with E-state index in [1.165, 1.54) is 0 Å². The van der Waals surface area contributed by atoms with E-state index in [0.717, 1.165) is 12.1 Å². The first-order chi connectivity index (χ1) is 7.99. The Labute approximate surface area is 95.8 Å². The summed E-state index contributed by atoms with van der Waals surface area (Å²) < 4.78 is 42.0. The molecular weight excluding hydrogens is 233 g/mol. The van der Waals surface area contributed by atoms with Crippen LogP contribution in [0.4, 0.5) is 13.2 Å². The second-order valence-electron chi connectivity index (χ2n) is 2.96. The Bertz CT molecular complexity index is 483. The number of pyridine rings is 1. The van der Waals surface area contributed by atoms with E-state index < -0.39 is 11.9 Å². The summed E-state index contributed by atoms with van der Waals surface area (Å²) in [5.74, 6) is 1.91. The molecule has 0 amide bonds. The second-order valence-corrected chi connectivity index (χ2v) is 2.96. The molecule has 0 unspecified atom stereocenters. The van der Waals surface area contributed by atoms with Crippen LogP contribution in [0.15, 0.2) is 12.1 Å². The number of nitrogens with zero attached hydrogens (tertiary/aromatic N) is 2. The fourth-order valence-corrected chi connectivity index (χ4v) is 1.00. The summed E-state index contributed by atoms with van der Waals surface area (Å²) in [6, 6.07) is 3.44. The third-order valence-corrected chi connectivity index (χ3v) is 1.76. The number of terminal acetylenes is 1. The monoisotopic (exact) mass is 240 g/mol. The Morgan fingerprint density at radius 1 is 1.41 bits per heavy atom. The minimum Gasteiger partial charge on any atom is -0.476 e.